The van der Waals surface area contributed by atoms with Gasteiger partial charge in [0.1, 0.15) is 0 Å². The molecule has 0 saturated carbocycles. The quantitative estimate of drug-likeness (QED) is 0.686. The van der Waals surface area contributed by atoms with Crippen molar-refractivity contribution in [3.8, 4) is 0 Å². The number of rotatable bonds is 5. The minimum absolute atomic E-state index is 0.0346. The van der Waals surface area contributed by atoms with Gasteiger partial charge in [-0.05, 0) is 43.5 Å². The van der Waals surface area contributed by atoms with Crippen LogP contribution in [0.3, 0.4) is 0 Å². The molecule has 0 aliphatic carbocycles. The number of hydrogen-bond donors (Lipinski definition) is 1. The van der Waals surface area contributed by atoms with Crippen LogP contribution in [0, 0.1) is 5.92 Å². The summed E-state index contributed by atoms with van der Waals surface area (Å²) >= 11 is 6.16. The Kier molecular flexibility index (Phi) is 6.98. The van der Waals surface area contributed by atoms with Crippen molar-refractivity contribution in [3.63, 3.8) is 0 Å². The molecule has 2 aromatic rings. The number of carbonyl (C=O) groups is 1. The van der Waals surface area contributed by atoms with Crippen LogP contribution in [0.2, 0.25) is 5.02 Å². The van der Waals surface area contributed by atoms with Gasteiger partial charge in [0.05, 0.1) is 16.5 Å². The maximum absolute atomic E-state index is 13.3. The summed E-state index contributed by atoms with van der Waals surface area (Å²) in [6.45, 7) is 1.73. The predicted octanol–water partition coefficient (Wildman–Crippen LogP) is 4.64. The number of halogens is 4. The van der Waals surface area contributed by atoms with Gasteiger partial charge in [-0.25, -0.2) is 8.42 Å². The molecule has 1 fully saturated rings. The lowest BCUT2D eigenvalue weighted by molar-refractivity contribution is -0.139. The van der Waals surface area contributed by atoms with Crippen molar-refractivity contribution in [3.05, 3.63) is 64.7 Å². The fourth-order valence-electron chi connectivity index (χ4n) is 3.66. The van der Waals surface area contributed by atoms with Gasteiger partial charge in [-0.2, -0.15) is 17.5 Å². The summed E-state index contributed by atoms with van der Waals surface area (Å²) in [7, 11) is -4.33. The molecule has 10 heteroatoms. The third-order valence-electron chi connectivity index (χ3n) is 5.37. The summed E-state index contributed by atoms with van der Waals surface area (Å²) < 4.78 is 66.5. The van der Waals surface area contributed by atoms with Crippen molar-refractivity contribution in [1.82, 2.24) is 9.62 Å². The average molecular weight is 475 g/mol. The monoisotopic (exact) mass is 474 g/mol. The highest BCUT2D eigenvalue weighted by atomic mass is 35.5. The molecule has 1 aliphatic heterocycles. The van der Waals surface area contributed by atoms with Crippen molar-refractivity contribution < 1.29 is 26.4 Å². The number of hydrogen-bond acceptors (Lipinski definition) is 3. The van der Waals surface area contributed by atoms with Crippen LogP contribution < -0.4 is 5.32 Å². The predicted molar refractivity (Wildman–Crippen MR) is 111 cm³/mol. The molecule has 1 atom stereocenters. The lowest BCUT2D eigenvalue weighted by atomic mass is 9.96. The molecule has 5 nitrogen and oxygen atoms in total. The molecule has 3 rings (SSSR count). The van der Waals surface area contributed by atoms with E-state index < -0.39 is 32.6 Å². The summed E-state index contributed by atoms with van der Waals surface area (Å²) in [4.78, 5) is 11.9. The lowest BCUT2D eigenvalue weighted by Crippen LogP contribution is -2.43. The van der Waals surface area contributed by atoms with E-state index in [4.69, 9.17) is 11.6 Å². The van der Waals surface area contributed by atoms with E-state index in [1.54, 1.807) is 25.1 Å². The van der Waals surface area contributed by atoms with E-state index in [0.29, 0.717) is 5.02 Å². The number of carbonyl (C=O) groups excluding carboxylic acids is 1. The zero-order chi connectivity index (χ0) is 22.8. The van der Waals surface area contributed by atoms with Crippen LogP contribution in [0.4, 0.5) is 13.2 Å². The van der Waals surface area contributed by atoms with Gasteiger partial charge in [0.2, 0.25) is 15.9 Å². The molecular weight excluding hydrogens is 453 g/mol. The van der Waals surface area contributed by atoms with Gasteiger partial charge >= 0.3 is 6.18 Å². The smallest absolute Gasteiger partial charge is 0.349 e. The van der Waals surface area contributed by atoms with E-state index in [2.05, 4.69) is 5.32 Å². The van der Waals surface area contributed by atoms with Gasteiger partial charge in [-0.3, -0.25) is 4.79 Å². The fraction of sp³-hybridized carbons (Fsp3) is 0.381. The summed E-state index contributed by atoms with van der Waals surface area (Å²) in [6, 6.07) is 10.9. The first kappa shape index (κ1) is 23.6. The van der Waals surface area contributed by atoms with E-state index in [9.17, 15) is 26.4 Å². The Bertz CT molecular complexity index is 1050. The van der Waals surface area contributed by atoms with Crippen LogP contribution in [-0.2, 0) is 21.0 Å². The van der Waals surface area contributed by atoms with E-state index in [-0.39, 0.29) is 37.9 Å². The standard InChI is InChI=1S/C21H22ClF3N2O3S/c1-14(16-6-2-4-8-18(16)22)26-20(28)15-10-12-27(13-11-15)31(29,30)19-9-5-3-7-17(19)21(23,24)25/h2-9,14-15H,10-13H2,1H3,(H,26,28)/t14-/m1/s1. The highest BCUT2D eigenvalue weighted by Gasteiger charge is 2.40. The summed E-state index contributed by atoms with van der Waals surface area (Å²) in [5, 5.41) is 3.41. The number of alkyl halides is 3. The molecule has 0 spiro atoms. The molecular formula is C21H22ClF3N2O3S. The molecule has 168 valence electrons. The molecule has 1 amide bonds. The second-order valence-electron chi connectivity index (χ2n) is 7.42. The van der Waals surface area contributed by atoms with Crippen LogP contribution >= 0.6 is 11.6 Å². The second-order valence-corrected chi connectivity index (χ2v) is 9.74. The zero-order valence-corrected chi connectivity index (χ0v) is 18.3. The third-order valence-corrected chi connectivity index (χ3v) is 7.67. The van der Waals surface area contributed by atoms with Gasteiger partial charge in [-0.1, -0.05) is 41.9 Å². The molecule has 0 radical (unpaired) electrons. The van der Waals surface area contributed by atoms with Crippen molar-refractivity contribution >= 4 is 27.5 Å². The Balaban J connectivity index is 1.67. The highest BCUT2D eigenvalue weighted by molar-refractivity contribution is 7.89. The van der Waals surface area contributed by atoms with E-state index in [1.807, 2.05) is 6.07 Å². The van der Waals surface area contributed by atoms with Crippen molar-refractivity contribution in [2.75, 3.05) is 13.1 Å². The van der Waals surface area contributed by atoms with Gasteiger partial charge < -0.3 is 5.32 Å². The Morgan fingerprint density at radius 1 is 1.10 bits per heavy atom. The molecule has 1 saturated heterocycles. The Labute approximate surface area is 184 Å². The van der Waals surface area contributed by atoms with Gasteiger partial charge in [0, 0.05) is 24.0 Å². The largest absolute Gasteiger partial charge is 0.417 e. The van der Waals surface area contributed by atoms with Crippen molar-refractivity contribution in [2.45, 2.75) is 36.9 Å². The second kappa shape index (κ2) is 9.18. The molecule has 0 bridgehead atoms. The first-order valence-electron chi connectivity index (χ1n) is 9.73. The third kappa shape index (κ3) is 5.22. The number of nitrogens with zero attached hydrogens (tertiary/aromatic N) is 1. The highest BCUT2D eigenvalue weighted by Crippen LogP contribution is 2.36. The van der Waals surface area contributed by atoms with Crippen molar-refractivity contribution in [2.24, 2.45) is 5.92 Å². The van der Waals surface area contributed by atoms with Gasteiger partial charge in [0.25, 0.3) is 0 Å². The fourth-order valence-corrected chi connectivity index (χ4v) is 5.64. The van der Waals surface area contributed by atoms with Crippen molar-refractivity contribution in [1.29, 1.82) is 0 Å². The number of benzene rings is 2. The van der Waals surface area contributed by atoms with Gasteiger partial charge in [0.15, 0.2) is 0 Å². The molecule has 1 N–H and O–H groups in total. The topological polar surface area (TPSA) is 66.5 Å². The first-order chi connectivity index (χ1) is 14.5. The van der Waals surface area contributed by atoms with Crippen LogP contribution in [-0.4, -0.2) is 31.7 Å². The summed E-state index contributed by atoms with van der Waals surface area (Å²) in [5.41, 5.74) is -0.426. The Morgan fingerprint density at radius 3 is 2.29 bits per heavy atom. The number of amides is 1. The number of piperidine rings is 1. The molecule has 0 unspecified atom stereocenters. The van der Waals surface area contributed by atoms with Crippen LogP contribution in [0.25, 0.3) is 0 Å². The van der Waals surface area contributed by atoms with E-state index >= 15 is 0 Å². The van der Waals surface area contributed by atoms with Crippen LogP contribution in [0.5, 0.6) is 0 Å². The van der Waals surface area contributed by atoms with Crippen LogP contribution in [0.1, 0.15) is 36.9 Å². The molecule has 1 aliphatic rings. The normalized spacial score (nSPS) is 17.3. The maximum atomic E-state index is 13.3. The molecule has 31 heavy (non-hydrogen) atoms. The first-order valence-corrected chi connectivity index (χ1v) is 11.5. The van der Waals surface area contributed by atoms with Crippen LogP contribution in [0.15, 0.2) is 53.4 Å². The van der Waals surface area contributed by atoms with E-state index in [1.165, 1.54) is 6.07 Å². The lowest BCUT2D eigenvalue weighted by Gasteiger charge is -2.31. The minimum Gasteiger partial charge on any atom is -0.349 e. The number of sulfonamides is 1. The molecule has 0 aromatic heterocycles. The van der Waals surface area contributed by atoms with Gasteiger partial charge in [-0.15, -0.1) is 0 Å². The number of nitrogens with one attached hydrogen (secondary N) is 1. The Morgan fingerprint density at radius 2 is 1.68 bits per heavy atom. The summed E-state index contributed by atoms with van der Waals surface area (Å²) in [5.74, 6) is -0.672. The molecule has 2 aromatic carbocycles. The summed E-state index contributed by atoms with van der Waals surface area (Å²) in [6.07, 6.45) is -4.35. The maximum Gasteiger partial charge on any atom is 0.417 e. The Hall–Kier alpha value is -2.10. The average Bonchev–Trinajstić information content (AvgIpc) is 2.73. The SMILES string of the molecule is C[C@@H](NC(=O)C1CCN(S(=O)(=O)c2ccccc2C(F)(F)F)CC1)c1ccccc1Cl. The zero-order valence-electron chi connectivity index (χ0n) is 16.7. The molecule has 1 heterocycles. The van der Waals surface area contributed by atoms with E-state index in [0.717, 1.165) is 28.1 Å². The minimum atomic E-state index is -4.78.